The van der Waals surface area contributed by atoms with Gasteiger partial charge in [0.1, 0.15) is 6.04 Å². The Kier molecular flexibility index (Phi) is 8.39. The van der Waals surface area contributed by atoms with Crippen LogP contribution in [0.3, 0.4) is 0 Å². The lowest BCUT2D eigenvalue weighted by atomic mass is 9.92. The van der Waals surface area contributed by atoms with E-state index in [1.165, 1.54) is 0 Å². The molecule has 1 aromatic carbocycles. The number of halogens is 1. The third kappa shape index (κ3) is 5.72. The first-order chi connectivity index (χ1) is 11.4. The first-order valence-electron chi connectivity index (χ1n) is 8.73. The molecule has 1 heterocycles. The van der Waals surface area contributed by atoms with E-state index in [1.807, 2.05) is 46.0 Å². The first-order valence-corrected chi connectivity index (χ1v) is 8.73. The molecule has 25 heavy (non-hydrogen) atoms. The van der Waals surface area contributed by atoms with Crippen LogP contribution in [0.2, 0.25) is 0 Å². The molecule has 0 bridgehead atoms. The molecule has 2 atom stereocenters. The van der Waals surface area contributed by atoms with E-state index in [4.69, 9.17) is 0 Å². The minimum absolute atomic E-state index is 0. The molecule has 1 aliphatic rings. The molecular formula is C19H30ClN3O2. The number of likely N-dealkylation sites (N-methyl/N-ethyl adjacent to an activating group) is 1. The van der Waals surface area contributed by atoms with Crippen molar-refractivity contribution in [3.63, 3.8) is 0 Å². The monoisotopic (exact) mass is 367 g/mol. The van der Waals surface area contributed by atoms with Crippen LogP contribution in [-0.2, 0) is 22.6 Å². The predicted octanol–water partition coefficient (Wildman–Crippen LogP) is 2.13. The molecule has 0 saturated heterocycles. The van der Waals surface area contributed by atoms with Crippen LogP contribution >= 0.6 is 12.4 Å². The van der Waals surface area contributed by atoms with E-state index in [0.29, 0.717) is 25.9 Å². The molecule has 1 aliphatic heterocycles. The fourth-order valence-electron chi connectivity index (χ4n) is 2.96. The van der Waals surface area contributed by atoms with Crippen LogP contribution in [0.4, 0.5) is 0 Å². The van der Waals surface area contributed by atoms with E-state index in [9.17, 15) is 9.59 Å². The van der Waals surface area contributed by atoms with Gasteiger partial charge in [-0.2, -0.15) is 0 Å². The zero-order valence-corrected chi connectivity index (χ0v) is 16.4. The van der Waals surface area contributed by atoms with E-state index in [1.54, 1.807) is 4.90 Å². The fourth-order valence-corrected chi connectivity index (χ4v) is 2.96. The lowest BCUT2D eigenvalue weighted by Crippen LogP contribution is -2.54. The molecule has 2 amide bonds. The maximum atomic E-state index is 12.7. The van der Waals surface area contributed by atoms with Gasteiger partial charge < -0.3 is 15.5 Å². The summed E-state index contributed by atoms with van der Waals surface area (Å²) in [5.74, 6) is 0.271. The summed E-state index contributed by atoms with van der Waals surface area (Å²) in [4.78, 5) is 27.1. The van der Waals surface area contributed by atoms with Gasteiger partial charge in [-0.25, -0.2) is 0 Å². The van der Waals surface area contributed by atoms with Gasteiger partial charge in [0, 0.05) is 32.0 Å². The van der Waals surface area contributed by atoms with Crippen LogP contribution in [0.5, 0.6) is 0 Å². The van der Waals surface area contributed by atoms with Gasteiger partial charge >= 0.3 is 0 Å². The molecule has 5 nitrogen and oxygen atoms in total. The summed E-state index contributed by atoms with van der Waals surface area (Å²) in [6.45, 7) is 7.14. The summed E-state index contributed by atoms with van der Waals surface area (Å²) in [7, 11) is 1.87. The zero-order chi connectivity index (χ0) is 17.7. The summed E-state index contributed by atoms with van der Waals surface area (Å²) in [6.07, 6.45) is 1.05. The molecule has 0 aliphatic carbocycles. The molecule has 0 radical (unpaired) electrons. The maximum absolute atomic E-state index is 12.7. The van der Waals surface area contributed by atoms with Gasteiger partial charge in [-0.3, -0.25) is 9.59 Å². The summed E-state index contributed by atoms with van der Waals surface area (Å²) in [5.41, 5.74) is 2.30. The number of fused-ring (bicyclic) bond motifs is 1. The van der Waals surface area contributed by atoms with Crippen LogP contribution in [0.15, 0.2) is 24.3 Å². The Labute approximate surface area is 157 Å². The largest absolute Gasteiger partial charge is 0.353 e. The third-order valence-electron chi connectivity index (χ3n) is 4.53. The van der Waals surface area contributed by atoms with Crippen molar-refractivity contribution in [2.75, 3.05) is 13.6 Å². The predicted molar refractivity (Wildman–Crippen MR) is 103 cm³/mol. The minimum atomic E-state index is -0.421. The molecular weight excluding hydrogens is 338 g/mol. The van der Waals surface area contributed by atoms with Crippen molar-refractivity contribution < 1.29 is 9.59 Å². The van der Waals surface area contributed by atoms with Gasteiger partial charge in [0.2, 0.25) is 11.8 Å². The van der Waals surface area contributed by atoms with Gasteiger partial charge in [-0.1, -0.05) is 38.1 Å². The van der Waals surface area contributed by atoms with Crippen molar-refractivity contribution in [3.8, 4) is 0 Å². The number of carbonyl (C=O) groups is 2. The Morgan fingerprint density at radius 3 is 2.44 bits per heavy atom. The Balaban J connectivity index is 0.00000312. The number of amides is 2. The normalized spacial score (nSPS) is 17.5. The van der Waals surface area contributed by atoms with Crippen LogP contribution in [0.25, 0.3) is 0 Å². The summed E-state index contributed by atoms with van der Waals surface area (Å²) in [5, 5.41) is 6.08. The molecule has 0 aromatic heterocycles. The highest BCUT2D eigenvalue weighted by Gasteiger charge is 2.34. The lowest BCUT2D eigenvalue weighted by molar-refractivity contribution is -0.142. The van der Waals surface area contributed by atoms with Crippen LogP contribution < -0.4 is 10.6 Å². The van der Waals surface area contributed by atoms with Gasteiger partial charge in [-0.15, -0.1) is 12.4 Å². The number of nitrogens with zero attached hydrogens (tertiary/aromatic N) is 1. The van der Waals surface area contributed by atoms with E-state index >= 15 is 0 Å². The number of nitrogens with one attached hydrogen (secondary N) is 2. The number of benzene rings is 1. The average molecular weight is 368 g/mol. The highest BCUT2D eigenvalue weighted by atomic mass is 35.5. The van der Waals surface area contributed by atoms with E-state index in [2.05, 4.69) is 16.7 Å². The Morgan fingerprint density at radius 2 is 1.84 bits per heavy atom. The molecule has 1 aromatic rings. The SMILES string of the molecule is CNC(C)CNC(=O)C1Cc2ccccc2CN1C(=O)CC(C)C.Cl. The molecule has 2 rings (SSSR count). The second kappa shape index (κ2) is 9.78. The molecule has 2 unspecified atom stereocenters. The van der Waals surface area contributed by atoms with Crippen LogP contribution in [-0.4, -0.2) is 42.4 Å². The van der Waals surface area contributed by atoms with Crippen LogP contribution in [0.1, 0.15) is 38.3 Å². The maximum Gasteiger partial charge on any atom is 0.243 e. The fraction of sp³-hybridized carbons (Fsp3) is 0.579. The Hall–Kier alpha value is -1.59. The van der Waals surface area contributed by atoms with E-state index in [-0.39, 0.29) is 36.2 Å². The van der Waals surface area contributed by atoms with E-state index in [0.717, 1.165) is 11.1 Å². The number of hydrogen-bond acceptors (Lipinski definition) is 3. The Morgan fingerprint density at radius 1 is 1.20 bits per heavy atom. The zero-order valence-electron chi connectivity index (χ0n) is 15.5. The van der Waals surface area contributed by atoms with Gasteiger partial charge in [-0.05, 0) is 31.0 Å². The van der Waals surface area contributed by atoms with Gasteiger partial charge in [0.25, 0.3) is 0 Å². The summed E-state index contributed by atoms with van der Waals surface area (Å²) in [6, 6.07) is 7.85. The van der Waals surface area contributed by atoms with Crippen LogP contribution in [0, 0.1) is 5.92 Å². The Bertz CT molecular complexity index is 592. The molecule has 0 spiro atoms. The topological polar surface area (TPSA) is 61.4 Å². The van der Waals surface area contributed by atoms with Crippen molar-refractivity contribution in [3.05, 3.63) is 35.4 Å². The van der Waals surface area contributed by atoms with E-state index < -0.39 is 6.04 Å². The average Bonchev–Trinajstić information content (AvgIpc) is 2.57. The summed E-state index contributed by atoms with van der Waals surface area (Å²) >= 11 is 0. The quantitative estimate of drug-likeness (QED) is 0.809. The van der Waals surface area contributed by atoms with Gasteiger partial charge in [0.05, 0.1) is 0 Å². The summed E-state index contributed by atoms with van der Waals surface area (Å²) < 4.78 is 0. The standard InChI is InChI=1S/C19H29N3O2.ClH/c1-13(2)9-18(23)22-12-16-8-6-5-7-15(16)10-17(22)19(24)21-11-14(3)20-4;/h5-8,13-14,17,20H,9-12H2,1-4H3,(H,21,24);1H. The van der Waals surface area contributed by atoms with Crippen molar-refractivity contribution in [1.29, 1.82) is 0 Å². The minimum Gasteiger partial charge on any atom is -0.353 e. The second-order valence-electron chi connectivity index (χ2n) is 7.04. The highest BCUT2D eigenvalue weighted by Crippen LogP contribution is 2.24. The molecule has 140 valence electrons. The highest BCUT2D eigenvalue weighted by molar-refractivity contribution is 5.88. The van der Waals surface area contributed by atoms with Gasteiger partial charge in [0.15, 0.2) is 0 Å². The second-order valence-corrected chi connectivity index (χ2v) is 7.04. The first kappa shape index (κ1) is 21.5. The smallest absolute Gasteiger partial charge is 0.243 e. The molecule has 6 heteroatoms. The number of carbonyl (C=O) groups excluding carboxylic acids is 2. The van der Waals surface area contributed by atoms with Crippen molar-refractivity contribution in [1.82, 2.24) is 15.5 Å². The molecule has 0 fully saturated rings. The van der Waals surface area contributed by atoms with Crippen molar-refractivity contribution in [2.45, 2.75) is 52.2 Å². The molecule has 0 saturated carbocycles. The third-order valence-corrected chi connectivity index (χ3v) is 4.53. The molecule has 2 N–H and O–H groups in total. The number of rotatable bonds is 6. The van der Waals surface area contributed by atoms with Crippen molar-refractivity contribution in [2.24, 2.45) is 5.92 Å². The lowest BCUT2D eigenvalue weighted by Gasteiger charge is -2.36. The number of hydrogen-bond donors (Lipinski definition) is 2. The van der Waals surface area contributed by atoms with Crippen molar-refractivity contribution >= 4 is 24.2 Å².